The van der Waals surface area contributed by atoms with E-state index in [1.165, 1.54) is 0 Å². The van der Waals surface area contributed by atoms with E-state index in [-0.39, 0.29) is 12.5 Å². The number of nitrogens with zero attached hydrogens (tertiary/aromatic N) is 4. The normalized spacial score (nSPS) is 21.0. The van der Waals surface area contributed by atoms with Gasteiger partial charge in [0.2, 0.25) is 5.91 Å². The second-order valence-electron chi connectivity index (χ2n) is 7.88. The van der Waals surface area contributed by atoms with Crippen molar-refractivity contribution < 1.29 is 19.1 Å². The van der Waals surface area contributed by atoms with Crippen molar-refractivity contribution in [3.8, 4) is 5.75 Å². The number of carbonyl (C=O) groups excluding carboxylic acids is 3. The van der Waals surface area contributed by atoms with Crippen LogP contribution in [0.15, 0.2) is 42.6 Å². The van der Waals surface area contributed by atoms with E-state index in [9.17, 15) is 14.4 Å². The molecular weight excluding hydrogens is 434 g/mol. The maximum absolute atomic E-state index is 13.1. The van der Waals surface area contributed by atoms with Crippen molar-refractivity contribution in [2.24, 2.45) is 0 Å². The molecule has 1 atom stereocenters. The minimum Gasteiger partial charge on any atom is -0.497 e. The van der Waals surface area contributed by atoms with Gasteiger partial charge < -0.3 is 19.9 Å². The summed E-state index contributed by atoms with van der Waals surface area (Å²) in [5, 5.41) is 3.29. The first-order valence-corrected chi connectivity index (χ1v) is 10.6. The number of hydrogen-bond acceptors (Lipinski definition) is 6. The lowest BCUT2D eigenvalue weighted by Crippen LogP contribution is -2.52. The van der Waals surface area contributed by atoms with E-state index in [2.05, 4.69) is 15.2 Å². The lowest BCUT2D eigenvalue weighted by atomic mass is 9.92. The van der Waals surface area contributed by atoms with E-state index < -0.39 is 17.5 Å². The van der Waals surface area contributed by atoms with E-state index in [1.54, 1.807) is 55.5 Å². The molecule has 2 aliphatic rings. The van der Waals surface area contributed by atoms with Crippen LogP contribution < -0.4 is 15.0 Å². The van der Waals surface area contributed by atoms with Gasteiger partial charge in [-0.15, -0.1) is 0 Å². The summed E-state index contributed by atoms with van der Waals surface area (Å²) >= 11 is 5.89. The Labute approximate surface area is 190 Å². The molecule has 2 saturated heterocycles. The number of piperazine rings is 1. The molecule has 0 aliphatic carbocycles. The molecule has 0 spiro atoms. The Morgan fingerprint density at radius 2 is 1.81 bits per heavy atom. The summed E-state index contributed by atoms with van der Waals surface area (Å²) in [4.78, 5) is 47.5. The fourth-order valence-electron chi connectivity index (χ4n) is 3.94. The number of carbonyl (C=O) groups is 3. The van der Waals surface area contributed by atoms with Gasteiger partial charge in [-0.25, -0.2) is 9.78 Å². The van der Waals surface area contributed by atoms with Crippen molar-refractivity contribution in [1.82, 2.24) is 20.1 Å². The predicted octanol–water partition coefficient (Wildman–Crippen LogP) is 1.86. The van der Waals surface area contributed by atoms with Crippen LogP contribution in [-0.4, -0.2) is 72.5 Å². The SMILES string of the molecule is COc1ccc(C2(C)NC(=O)N(CC(=O)N3CCN(c4ccc(Cl)cn4)CC3)C2=O)cc1. The Kier molecular flexibility index (Phi) is 5.92. The van der Waals surface area contributed by atoms with Gasteiger partial charge in [-0.3, -0.25) is 14.5 Å². The molecule has 4 amide bonds. The lowest BCUT2D eigenvalue weighted by molar-refractivity contribution is -0.139. The molecule has 0 radical (unpaired) electrons. The van der Waals surface area contributed by atoms with E-state index in [0.717, 1.165) is 10.7 Å². The summed E-state index contributed by atoms with van der Waals surface area (Å²) in [5.74, 6) is 0.723. The van der Waals surface area contributed by atoms with Crippen molar-refractivity contribution in [3.05, 3.63) is 53.2 Å². The Balaban J connectivity index is 1.38. The third-order valence-electron chi connectivity index (χ3n) is 5.90. The zero-order chi connectivity index (χ0) is 22.9. The zero-order valence-electron chi connectivity index (χ0n) is 17.9. The highest BCUT2D eigenvalue weighted by Crippen LogP contribution is 2.30. The fraction of sp³-hybridized carbons (Fsp3) is 0.364. The number of imide groups is 1. The number of ether oxygens (including phenoxy) is 1. The minimum atomic E-state index is -1.23. The standard InChI is InChI=1S/C22H24ClN5O4/c1-22(15-3-6-17(32-2)7-4-15)20(30)28(21(31)25-22)14-19(29)27-11-9-26(10-12-27)18-8-5-16(23)13-24-18/h3-8,13H,9-12,14H2,1-2H3,(H,25,31). The van der Waals surface area contributed by atoms with Gasteiger partial charge in [-0.2, -0.15) is 0 Å². The van der Waals surface area contributed by atoms with Crippen molar-refractivity contribution in [1.29, 1.82) is 0 Å². The number of halogens is 1. The van der Waals surface area contributed by atoms with E-state index in [0.29, 0.717) is 42.5 Å². The number of rotatable bonds is 5. The van der Waals surface area contributed by atoms with Gasteiger partial charge in [-0.1, -0.05) is 23.7 Å². The number of anilines is 1. The Morgan fingerprint density at radius 1 is 1.12 bits per heavy atom. The summed E-state index contributed by atoms with van der Waals surface area (Å²) in [5.41, 5.74) is -0.613. The molecule has 1 aromatic carbocycles. The number of nitrogens with one attached hydrogen (secondary N) is 1. The van der Waals surface area contributed by atoms with Crippen LogP contribution in [0.3, 0.4) is 0 Å². The van der Waals surface area contributed by atoms with E-state index in [1.807, 2.05) is 6.07 Å². The number of methoxy groups -OCH3 is 1. The van der Waals surface area contributed by atoms with Crippen LogP contribution in [0.2, 0.25) is 5.02 Å². The smallest absolute Gasteiger partial charge is 0.325 e. The molecule has 9 nitrogen and oxygen atoms in total. The van der Waals surface area contributed by atoms with Crippen molar-refractivity contribution in [2.45, 2.75) is 12.5 Å². The summed E-state index contributed by atoms with van der Waals surface area (Å²) in [6, 6.07) is 9.95. The quantitative estimate of drug-likeness (QED) is 0.689. The van der Waals surface area contributed by atoms with Gasteiger partial charge in [-0.05, 0) is 36.8 Å². The average Bonchev–Trinajstić information content (AvgIpc) is 3.03. The van der Waals surface area contributed by atoms with Gasteiger partial charge >= 0.3 is 6.03 Å². The topological polar surface area (TPSA) is 95.1 Å². The largest absolute Gasteiger partial charge is 0.497 e. The van der Waals surface area contributed by atoms with Crippen LogP contribution in [0, 0.1) is 0 Å². The molecule has 1 N–H and O–H groups in total. The van der Waals surface area contributed by atoms with E-state index in [4.69, 9.17) is 16.3 Å². The second-order valence-corrected chi connectivity index (χ2v) is 8.31. The maximum atomic E-state index is 13.1. The molecule has 2 aromatic rings. The monoisotopic (exact) mass is 457 g/mol. The summed E-state index contributed by atoms with van der Waals surface area (Å²) in [7, 11) is 1.55. The highest BCUT2D eigenvalue weighted by Gasteiger charge is 2.49. The third kappa shape index (κ3) is 4.08. The summed E-state index contributed by atoms with van der Waals surface area (Å²) in [6.45, 7) is 3.49. The van der Waals surface area contributed by atoms with Crippen LogP contribution >= 0.6 is 11.6 Å². The van der Waals surface area contributed by atoms with Crippen LogP contribution in [0.5, 0.6) is 5.75 Å². The first-order valence-electron chi connectivity index (χ1n) is 10.2. The number of aromatic nitrogens is 1. The van der Waals surface area contributed by atoms with Crippen LogP contribution in [0.25, 0.3) is 0 Å². The molecular formula is C22H24ClN5O4. The number of hydrogen-bond donors (Lipinski definition) is 1. The van der Waals surface area contributed by atoms with Gasteiger partial charge in [0, 0.05) is 32.4 Å². The van der Waals surface area contributed by atoms with Gasteiger partial charge in [0.25, 0.3) is 5.91 Å². The molecule has 3 heterocycles. The first-order chi connectivity index (χ1) is 15.3. The molecule has 1 unspecified atom stereocenters. The first kappa shape index (κ1) is 21.9. The molecule has 0 saturated carbocycles. The highest BCUT2D eigenvalue weighted by molar-refractivity contribution is 6.30. The Morgan fingerprint density at radius 3 is 2.41 bits per heavy atom. The molecule has 2 aliphatic heterocycles. The molecule has 4 rings (SSSR count). The average molecular weight is 458 g/mol. The van der Waals surface area contributed by atoms with Gasteiger partial charge in [0.15, 0.2) is 0 Å². The molecule has 1 aromatic heterocycles. The van der Waals surface area contributed by atoms with Gasteiger partial charge in [0.05, 0.1) is 12.1 Å². The molecule has 32 heavy (non-hydrogen) atoms. The Hall–Kier alpha value is -3.33. The molecule has 168 valence electrons. The minimum absolute atomic E-state index is 0.267. The van der Waals surface area contributed by atoms with E-state index >= 15 is 0 Å². The number of benzene rings is 1. The molecule has 2 fully saturated rings. The molecule has 10 heteroatoms. The van der Waals surface area contributed by atoms with Crippen molar-refractivity contribution in [3.63, 3.8) is 0 Å². The predicted molar refractivity (Wildman–Crippen MR) is 119 cm³/mol. The maximum Gasteiger partial charge on any atom is 0.325 e. The number of urea groups is 1. The van der Waals surface area contributed by atoms with Crippen LogP contribution in [0.1, 0.15) is 12.5 Å². The van der Waals surface area contributed by atoms with Gasteiger partial charge in [0.1, 0.15) is 23.7 Å². The molecule has 0 bridgehead atoms. The lowest BCUT2D eigenvalue weighted by Gasteiger charge is -2.35. The fourth-order valence-corrected chi connectivity index (χ4v) is 4.05. The van der Waals surface area contributed by atoms with Crippen molar-refractivity contribution >= 4 is 35.3 Å². The number of amides is 4. The third-order valence-corrected chi connectivity index (χ3v) is 6.13. The zero-order valence-corrected chi connectivity index (χ0v) is 18.6. The number of pyridine rings is 1. The summed E-state index contributed by atoms with van der Waals surface area (Å²) in [6.07, 6.45) is 1.59. The Bertz CT molecular complexity index is 1020. The van der Waals surface area contributed by atoms with Crippen LogP contribution in [-0.2, 0) is 15.1 Å². The highest BCUT2D eigenvalue weighted by atomic mass is 35.5. The second kappa shape index (κ2) is 8.66. The summed E-state index contributed by atoms with van der Waals surface area (Å²) < 4.78 is 5.15. The van der Waals surface area contributed by atoms with Crippen molar-refractivity contribution in [2.75, 3.05) is 44.7 Å². The van der Waals surface area contributed by atoms with Crippen LogP contribution in [0.4, 0.5) is 10.6 Å².